The van der Waals surface area contributed by atoms with Crippen molar-refractivity contribution in [3.63, 3.8) is 0 Å². The number of sulfonamides is 1. The number of thiophene rings is 1. The van der Waals surface area contributed by atoms with Crippen LogP contribution in [-0.4, -0.2) is 67.8 Å². The first-order chi connectivity index (χ1) is 21.8. The number of ether oxygens (including phenoxy) is 1. The summed E-state index contributed by atoms with van der Waals surface area (Å²) in [6, 6.07) is 13.7. The van der Waals surface area contributed by atoms with Crippen LogP contribution >= 0.6 is 22.9 Å². The van der Waals surface area contributed by atoms with Crippen molar-refractivity contribution in [3.8, 4) is 16.9 Å². The first-order valence-electron chi connectivity index (χ1n) is 14.3. The standard InChI is InChI=1S/C32H32ClF2N3O6S2/c1-37(32(40)41)22-9-11-23(12-10-22)38(31(39)30-28(33)27-24(34)13-14-25(35)29(27)45-30)17-20-16-19(6-15-26(20)44-2)18-4-7-21(8-5-18)36-46(3,42)43/h4-8,13-16,22-23,36H,9-12,17H2,1-3H3,(H,40,41). The van der Waals surface area contributed by atoms with Gasteiger partial charge in [0.15, 0.2) is 0 Å². The van der Waals surface area contributed by atoms with Crippen LogP contribution in [0.5, 0.6) is 5.75 Å². The molecule has 244 valence electrons. The molecular weight excluding hydrogens is 660 g/mol. The Hall–Kier alpha value is -3.94. The van der Waals surface area contributed by atoms with E-state index in [9.17, 15) is 31.9 Å². The lowest BCUT2D eigenvalue weighted by Gasteiger charge is -2.39. The molecule has 0 spiro atoms. The van der Waals surface area contributed by atoms with E-state index in [2.05, 4.69) is 4.72 Å². The van der Waals surface area contributed by atoms with Gasteiger partial charge < -0.3 is 19.6 Å². The maximum absolute atomic E-state index is 14.7. The lowest BCUT2D eigenvalue weighted by Crippen LogP contribution is -2.46. The summed E-state index contributed by atoms with van der Waals surface area (Å²) >= 11 is 7.34. The molecule has 2 amide bonds. The topological polar surface area (TPSA) is 116 Å². The molecular formula is C32H32ClF2N3O6S2. The molecule has 2 N–H and O–H groups in total. The minimum absolute atomic E-state index is 0.00882. The molecule has 4 aromatic rings. The van der Waals surface area contributed by atoms with Crippen LogP contribution in [0.15, 0.2) is 54.6 Å². The molecule has 5 rings (SSSR count). The number of amides is 2. The van der Waals surface area contributed by atoms with Crippen molar-refractivity contribution in [2.45, 2.75) is 44.3 Å². The van der Waals surface area contributed by atoms with Gasteiger partial charge in [0.2, 0.25) is 10.0 Å². The summed E-state index contributed by atoms with van der Waals surface area (Å²) in [5.41, 5.74) is 2.64. The molecule has 9 nitrogen and oxygen atoms in total. The molecule has 1 aliphatic carbocycles. The second kappa shape index (κ2) is 13.4. The molecule has 0 unspecified atom stereocenters. The highest BCUT2D eigenvalue weighted by atomic mass is 35.5. The molecule has 46 heavy (non-hydrogen) atoms. The molecule has 0 radical (unpaired) electrons. The molecule has 1 fully saturated rings. The zero-order valence-corrected chi connectivity index (χ0v) is 27.6. The van der Waals surface area contributed by atoms with Crippen molar-refractivity contribution >= 4 is 60.7 Å². The Bertz CT molecular complexity index is 1890. The Kier molecular flexibility index (Phi) is 9.75. The summed E-state index contributed by atoms with van der Waals surface area (Å²) in [6.07, 6.45) is 2.07. The van der Waals surface area contributed by atoms with Gasteiger partial charge in [-0.05, 0) is 73.2 Å². The summed E-state index contributed by atoms with van der Waals surface area (Å²) in [6.45, 7) is 0.0726. The van der Waals surface area contributed by atoms with Gasteiger partial charge in [-0.1, -0.05) is 29.8 Å². The Labute approximate surface area is 274 Å². The quantitative estimate of drug-likeness (QED) is 0.189. The third-order valence-electron chi connectivity index (χ3n) is 8.24. The van der Waals surface area contributed by atoms with Gasteiger partial charge in [0, 0.05) is 36.9 Å². The number of anilines is 1. The van der Waals surface area contributed by atoms with E-state index in [1.807, 2.05) is 12.1 Å². The summed E-state index contributed by atoms with van der Waals surface area (Å²) in [7, 11) is -0.405. The SMILES string of the molecule is COc1ccc(-c2ccc(NS(C)(=O)=O)cc2)cc1CN(C(=O)c1sc2c(F)ccc(F)c2c1Cl)C1CCC(N(C)C(=O)O)CC1. The van der Waals surface area contributed by atoms with E-state index in [1.165, 1.54) is 19.1 Å². The van der Waals surface area contributed by atoms with Gasteiger partial charge in [0.1, 0.15) is 22.3 Å². The fourth-order valence-electron chi connectivity index (χ4n) is 5.86. The number of hydrogen-bond donors (Lipinski definition) is 2. The number of carboxylic acid groups (broad SMARTS) is 1. The van der Waals surface area contributed by atoms with Crippen LogP contribution in [0.4, 0.5) is 19.3 Å². The zero-order chi connectivity index (χ0) is 33.3. The maximum Gasteiger partial charge on any atom is 0.407 e. The van der Waals surface area contributed by atoms with E-state index in [4.69, 9.17) is 16.3 Å². The summed E-state index contributed by atoms with van der Waals surface area (Å²) in [5, 5.41) is 9.17. The number of halogens is 3. The van der Waals surface area contributed by atoms with Gasteiger partial charge in [-0.3, -0.25) is 9.52 Å². The highest BCUT2D eigenvalue weighted by molar-refractivity contribution is 7.92. The van der Waals surface area contributed by atoms with E-state index in [0.717, 1.165) is 40.9 Å². The number of nitrogens with one attached hydrogen (secondary N) is 1. The van der Waals surface area contributed by atoms with E-state index >= 15 is 0 Å². The fourth-order valence-corrected chi connectivity index (χ4v) is 7.93. The number of methoxy groups -OCH3 is 1. The Morgan fingerprint density at radius 2 is 1.61 bits per heavy atom. The molecule has 1 aliphatic rings. The van der Waals surface area contributed by atoms with Crippen LogP contribution in [0.25, 0.3) is 21.2 Å². The fraction of sp³-hybridized carbons (Fsp3) is 0.312. The van der Waals surface area contributed by atoms with Gasteiger partial charge in [0.25, 0.3) is 5.91 Å². The van der Waals surface area contributed by atoms with Gasteiger partial charge >= 0.3 is 6.09 Å². The maximum atomic E-state index is 14.7. The van der Waals surface area contributed by atoms with Crippen LogP contribution in [-0.2, 0) is 16.6 Å². The lowest BCUT2D eigenvalue weighted by atomic mass is 9.89. The van der Waals surface area contributed by atoms with Gasteiger partial charge in [-0.25, -0.2) is 22.0 Å². The average Bonchev–Trinajstić information content (AvgIpc) is 3.38. The lowest BCUT2D eigenvalue weighted by molar-refractivity contribution is 0.0555. The molecule has 0 saturated heterocycles. The number of carbonyl (C=O) groups excluding carboxylic acids is 1. The zero-order valence-electron chi connectivity index (χ0n) is 25.2. The largest absolute Gasteiger partial charge is 0.496 e. The predicted octanol–water partition coefficient (Wildman–Crippen LogP) is 7.44. The predicted molar refractivity (Wildman–Crippen MR) is 175 cm³/mol. The normalized spacial score (nSPS) is 16.7. The number of benzene rings is 3. The molecule has 1 heterocycles. The third-order valence-corrected chi connectivity index (χ3v) is 10.5. The van der Waals surface area contributed by atoms with Gasteiger partial charge in [-0.2, -0.15) is 0 Å². The van der Waals surface area contributed by atoms with E-state index in [0.29, 0.717) is 42.7 Å². The van der Waals surface area contributed by atoms with Crippen molar-refractivity contribution in [3.05, 3.63) is 81.7 Å². The summed E-state index contributed by atoms with van der Waals surface area (Å²) in [5.74, 6) is -1.40. The number of carbonyl (C=O) groups is 2. The molecule has 0 aliphatic heterocycles. The Morgan fingerprint density at radius 3 is 2.20 bits per heavy atom. The molecule has 0 bridgehead atoms. The Balaban J connectivity index is 1.52. The van der Waals surface area contributed by atoms with Crippen LogP contribution < -0.4 is 9.46 Å². The molecule has 14 heteroatoms. The van der Waals surface area contributed by atoms with Crippen molar-refractivity contribution in [2.24, 2.45) is 0 Å². The average molecular weight is 692 g/mol. The highest BCUT2D eigenvalue weighted by Gasteiger charge is 2.35. The number of rotatable bonds is 9. The van der Waals surface area contributed by atoms with E-state index < -0.39 is 33.7 Å². The third kappa shape index (κ3) is 7.06. The van der Waals surface area contributed by atoms with Crippen LogP contribution in [0.2, 0.25) is 5.02 Å². The van der Waals surface area contributed by atoms with Gasteiger partial charge in [-0.15, -0.1) is 11.3 Å². The van der Waals surface area contributed by atoms with Gasteiger partial charge in [0.05, 0.1) is 28.5 Å². The number of nitrogens with zero attached hydrogens (tertiary/aromatic N) is 2. The first kappa shape index (κ1) is 33.4. The Morgan fingerprint density at radius 1 is 1.00 bits per heavy atom. The first-order valence-corrected chi connectivity index (χ1v) is 17.4. The second-order valence-corrected chi connectivity index (χ2v) is 14.4. The summed E-state index contributed by atoms with van der Waals surface area (Å²) in [4.78, 5) is 28.8. The molecule has 1 aromatic heterocycles. The molecule has 1 saturated carbocycles. The van der Waals surface area contributed by atoms with Crippen molar-refractivity contribution in [1.82, 2.24) is 9.80 Å². The van der Waals surface area contributed by atoms with E-state index in [1.54, 1.807) is 35.2 Å². The van der Waals surface area contributed by atoms with Crippen molar-refractivity contribution in [2.75, 3.05) is 25.1 Å². The minimum atomic E-state index is -3.44. The second-order valence-electron chi connectivity index (χ2n) is 11.2. The van der Waals surface area contributed by atoms with Crippen molar-refractivity contribution < 1.29 is 36.6 Å². The van der Waals surface area contributed by atoms with Crippen LogP contribution in [0.1, 0.15) is 40.9 Å². The number of hydrogen-bond acceptors (Lipinski definition) is 6. The monoisotopic (exact) mass is 691 g/mol. The number of fused-ring (bicyclic) bond motifs is 1. The summed E-state index contributed by atoms with van der Waals surface area (Å²) < 4.78 is 60.7. The van der Waals surface area contributed by atoms with Crippen molar-refractivity contribution in [1.29, 1.82) is 0 Å². The minimum Gasteiger partial charge on any atom is -0.496 e. The highest BCUT2D eigenvalue weighted by Crippen LogP contribution is 2.41. The molecule has 0 atom stereocenters. The van der Waals surface area contributed by atoms with Crippen LogP contribution in [0, 0.1) is 11.6 Å². The molecule has 3 aromatic carbocycles. The smallest absolute Gasteiger partial charge is 0.407 e. The van der Waals surface area contributed by atoms with Crippen LogP contribution in [0.3, 0.4) is 0 Å². The van der Waals surface area contributed by atoms with E-state index in [-0.39, 0.29) is 38.6 Å².